The van der Waals surface area contributed by atoms with E-state index in [4.69, 9.17) is 4.42 Å². The lowest BCUT2D eigenvalue weighted by atomic mass is 9.82. The first-order valence-electron chi connectivity index (χ1n) is 14.7. The van der Waals surface area contributed by atoms with E-state index in [2.05, 4.69) is 115 Å². The number of nitriles is 1. The van der Waals surface area contributed by atoms with Gasteiger partial charge in [0.1, 0.15) is 11.2 Å². The van der Waals surface area contributed by atoms with Gasteiger partial charge in [-0.2, -0.15) is 5.26 Å². The summed E-state index contributed by atoms with van der Waals surface area (Å²) in [6.07, 6.45) is 0. The molecular formula is C40H26N2O. The molecule has 1 aliphatic rings. The Morgan fingerprint density at radius 3 is 1.95 bits per heavy atom. The highest BCUT2D eigenvalue weighted by Crippen LogP contribution is 2.52. The average molecular weight is 551 g/mol. The van der Waals surface area contributed by atoms with Crippen LogP contribution >= 0.6 is 0 Å². The van der Waals surface area contributed by atoms with Crippen LogP contribution in [0.2, 0.25) is 0 Å². The maximum absolute atomic E-state index is 9.17. The first-order chi connectivity index (χ1) is 21.0. The van der Waals surface area contributed by atoms with Crippen LogP contribution in [0.15, 0.2) is 126 Å². The summed E-state index contributed by atoms with van der Waals surface area (Å²) in [6.45, 7) is 4.66. The summed E-state index contributed by atoms with van der Waals surface area (Å²) in [4.78, 5) is 0. The van der Waals surface area contributed by atoms with Gasteiger partial charge in [0.25, 0.3) is 0 Å². The number of fused-ring (bicyclic) bond motifs is 9. The zero-order chi connectivity index (χ0) is 28.9. The van der Waals surface area contributed by atoms with E-state index in [1.54, 1.807) is 0 Å². The van der Waals surface area contributed by atoms with Gasteiger partial charge in [-0.3, -0.25) is 0 Å². The van der Waals surface area contributed by atoms with Crippen molar-refractivity contribution in [2.75, 3.05) is 0 Å². The van der Waals surface area contributed by atoms with Gasteiger partial charge in [-0.25, -0.2) is 0 Å². The average Bonchev–Trinajstić information content (AvgIpc) is 3.65. The predicted octanol–water partition coefficient (Wildman–Crippen LogP) is 10.5. The van der Waals surface area contributed by atoms with Crippen LogP contribution < -0.4 is 0 Å². The van der Waals surface area contributed by atoms with E-state index < -0.39 is 0 Å². The molecule has 0 saturated heterocycles. The smallest absolute Gasteiger partial charge is 0.135 e. The highest BCUT2D eigenvalue weighted by molar-refractivity contribution is 6.13. The van der Waals surface area contributed by atoms with Crippen molar-refractivity contribution >= 4 is 43.7 Å². The Hall–Kier alpha value is -5.59. The molecule has 1 aliphatic carbocycles. The summed E-state index contributed by atoms with van der Waals surface area (Å²) < 4.78 is 8.70. The lowest BCUT2D eigenvalue weighted by Gasteiger charge is -2.21. The number of rotatable bonds is 2. The Morgan fingerprint density at radius 1 is 0.581 bits per heavy atom. The maximum atomic E-state index is 9.17. The van der Waals surface area contributed by atoms with Crippen LogP contribution in [0.25, 0.3) is 71.7 Å². The molecule has 0 radical (unpaired) electrons. The Morgan fingerprint density at radius 2 is 1.21 bits per heavy atom. The second-order valence-corrected chi connectivity index (χ2v) is 12.1. The van der Waals surface area contributed by atoms with Crippen LogP contribution in [-0.2, 0) is 5.41 Å². The molecule has 9 rings (SSSR count). The topological polar surface area (TPSA) is 41.9 Å². The lowest BCUT2D eigenvalue weighted by Crippen LogP contribution is -2.15. The van der Waals surface area contributed by atoms with Gasteiger partial charge in [0.15, 0.2) is 0 Å². The Balaban J connectivity index is 1.26. The van der Waals surface area contributed by atoms with Crippen molar-refractivity contribution in [2.45, 2.75) is 19.3 Å². The minimum Gasteiger partial charge on any atom is -0.456 e. The van der Waals surface area contributed by atoms with Gasteiger partial charge < -0.3 is 8.98 Å². The number of para-hydroxylation sites is 2. The summed E-state index contributed by atoms with van der Waals surface area (Å²) >= 11 is 0. The molecule has 3 heteroatoms. The molecule has 2 heterocycles. The summed E-state index contributed by atoms with van der Waals surface area (Å²) in [5.74, 6) is 0. The fourth-order valence-corrected chi connectivity index (χ4v) is 7.23. The van der Waals surface area contributed by atoms with E-state index in [0.29, 0.717) is 5.56 Å². The van der Waals surface area contributed by atoms with E-state index in [1.807, 2.05) is 30.3 Å². The van der Waals surface area contributed by atoms with Crippen LogP contribution in [0.4, 0.5) is 0 Å². The summed E-state index contributed by atoms with van der Waals surface area (Å²) in [7, 11) is 0. The Bertz CT molecular complexity index is 2460. The summed E-state index contributed by atoms with van der Waals surface area (Å²) in [5.41, 5.74) is 13.4. The molecule has 0 bridgehead atoms. The molecule has 8 aromatic rings. The third kappa shape index (κ3) is 3.29. The Labute approximate surface area is 248 Å². The molecule has 0 fully saturated rings. The molecule has 202 valence electrons. The predicted molar refractivity (Wildman–Crippen MR) is 176 cm³/mol. The van der Waals surface area contributed by atoms with Crippen LogP contribution in [0.3, 0.4) is 0 Å². The molecule has 0 amide bonds. The van der Waals surface area contributed by atoms with E-state index >= 15 is 0 Å². The van der Waals surface area contributed by atoms with Crippen molar-refractivity contribution in [3.63, 3.8) is 0 Å². The zero-order valence-corrected chi connectivity index (χ0v) is 23.8. The van der Waals surface area contributed by atoms with E-state index in [9.17, 15) is 5.26 Å². The molecule has 6 aromatic carbocycles. The van der Waals surface area contributed by atoms with Gasteiger partial charge in [-0.15, -0.1) is 0 Å². The highest BCUT2D eigenvalue weighted by Gasteiger charge is 2.37. The molecule has 0 saturated carbocycles. The third-order valence-corrected chi connectivity index (χ3v) is 9.44. The SMILES string of the molecule is CC1(C)c2cc3oc4ccccc4c3cc2-c2cc3c4ccccc4n(-c4ccc(-c5ccc(C#N)cc5)cc4)c3cc21. The first kappa shape index (κ1) is 24.1. The molecule has 0 N–H and O–H groups in total. The van der Waals surface area contributed by atoms with Gasteiger partial charge in [0.05, 0.1) is 22.7 Å². The van der Waals surface area contributed by atoms with Crippen LogP contribution in [0.1, 0.15) is 30.5 Å². The zero-order valence-electron chi connectivity index (χ0n) is 23.8. The van der Waals surface area contributed by atoms with Gasteiger partial charge >= 0.3 is 0 Å². The second kappa shape index (κ2) is 8.47. The fraction of sp³-hybridized carbons (Fsp3) is 0.0750. The first-order valence-corrected chi connectivity index (χ1v) is 14.7. The molecule has 3 nitrogen and oxygen atoms in total. The van der Waals surface area contributed by atoms with Crippen molar-refractivity contribution in [3.8, 4) is 34.0 Å². The minimum absolute atomic E-state index is 0.174. The number of benzene rings is 6. The van der Waals surface area contributed by atoms with E-state index in [0.717, 1.165) is 33.4 Å². The highest BCUT2D eigenvalue weighted by atomic mass is 16.3. The van der Waals surface area contributed by atoms with E-state index in [-0.39, 0.29) is 5.41 Å². The number of nitrogens with zero attached hydrogens (tertiary/aromatic N) is 2. The van der Waals surface area contributed by atoms with Crippen molar-refractivity contribution in [1.29, 1.82) is 5.26 Å². The number of aromatic nitrogens is 1. The van der Waals surface area contributed by atoms with Crippen molar-refractivity contribution in [3.05, 3.63) is 138 Å². The normalized spacial score (nSPS) is 13.5. The van der Waals surface area contributed by atoms with Crippen molar-refractivity contribution in [1.82, 2.24) is 4.57 Å². The molecule has 0 aliphatic heterocycles. The van der Waals surface area contributed by atoms with Crippen LogP contribution in [0.5, 0.6) is 0 Å². The second-order valence-electron chi connectivity index (χ2n) is 12.1. The monoisotopic (exact) mass is 550 g/mol. The molecule has 0 spiro atoms. The fourth-order valence-electron chi connectivity index (χ4n) is 7.23. The minimum atomic E-state index is -0.174. The van der Waals surface area contributed by atoms with Gasteiger partial charge in [-0.05, 0) is 94.0 Å². The number of furan rings is 1. The quantitative estimate of drug-likeness (QED) is 0.215. The molecule has 0 unspecified atom stereocenters. The standard InChI is InChI=1S/C40H26N2O/c1-40(2)34-21-37-32(19-30(34)31-20-33-29-8-4-6-10-38(29)43-39(33)22-35(31)40)28-7-3-5-9-36(28)42(37)27-17-15-26(16-18-27)25-13-11-24(23-41)12-14-25/h3-22H,1-2H3. The molecule has 2 aromatic heterocycles. The largest absolute Gasteiger partial charge is 0.456 e. The van der Waals surface area contributed by atoms with Crippen molar-refractivity contribution in [2.24, 2.45) is 0 Å². The number of hydrogen-bond donors (Lipinski definition) is 0. The lowest BCUT2D eigenvalue weighted by molar-refractivity contribution is 0.647. The molecular weight excluding hydrogens is 524 g/mol. The molecule has 43 heavy (non-hydrogen) atoms. The van der Waals surface area contributed by atoms with Crippen LogP contribution in [-0.4, -0.2) is 4.57 Å². The van der Waals surface area contributed by atoms with Crippen molar-refractivity contribution < 1.29 is 4.42 Å². The summed E-state index contributed by atoms with van der Waals surface area (Å²) in [6, 6.07) is 45.2. The third-order valence-electron chi connectivity index (χ3n) is 9.44. The summed E-state index contributed by atoms with van der Waals surface area (Å²) in [5, 5.41) is 14.0. The molecule has 0 atom stereocenters. The number of hydrogen-bond acceptors (Lipinski definition) is 2. The van der Waals surface area contributed by atoms with Gasteiger partial charge in [0.2, 0.25) is 0 Å². The Kier molecular flexibility index (Phi) is 4.74. The maximum Gasteiger partial charge on any atom is 0.135 e. The van der Waals surface area contributed by atoms with Crippen LogP contribution in [0, 0.1) is 11.3 Å². The van der Waals surface area contributed by atoms with Gasteiger partial charge in [-0.1, -0.05) is 74.5 Å². The van der Waals surface area contributed by atoms with Gasteiger partial charge in [0, 0.05) is 32.6 Å². The van der Waals surface area contributed by atoms with E-state index in [1.165, 1.54) is 49.4 Å².